The quantitative estimate of drug-likeness (QED) is 0.776. The predicted octanol–water partition coefficient (Wildman–Crippen LogP) is 3.11. The van der Waals surface area contributed by atoms with Crippen molar-refractivity contribution in [3.05, 3.63) is 47.7 Å². The Bertz CT molecular complexity index is 442. The molecule has 0 unspecified atom stereocenters. The lowest BCUT2D eigenvalue weighted by atomic mass is 10.1. The highest BCUT2D eigenvalue weighted by atomic mass is 35.5. The second-order valence-electron chi connectivity index (χ2n) is 2.90. The van der Waals surface area contributed by atoms with E-state index in [0.717, 1.165) is 11.1 Å². The van der Waals surface area contributed by atoms with Crippen molar-refractivity contribution in [2.75, 3.05) is 0 Å². The topological polar surface area (TPSA) is 33.1 Å². The van der Waals surface area contributed by atoms with Gasteiger partial charge in [0.2, 0.25) is 0 Å². The second-order valence-corrected chi connectivity index (χ2v) is 3.31. The van der Waals surface area contributed by atoms with Gasteiger partial charge in [-0.15, -0.1) is 0 Å². The van der Waals surface area contributed by atoms with Gasteiger partial charge in [-0.3, -0.25) is 4.98 Å². The number of phenolic OH excluding ortho intramolecular Hbond substituents is 1. The molecule has 70 valence electrons. The first-order valence-corrected chi connectivity index (χ1v) is 4.54. The Hall–Kier alpha value is -1.54. The molecule has 1 N–H and O–H groups in total. The summed E-state index contributed by atoms with van der Waals surface area (Å²) in [6.45, 7) is 0. The number of nitrogens with zero attached hydrogens (tertiary/aromatic N) is 1. The van der Waals surface area contributed by atoms with E-state index in [0.29, 0.717) is 5.02 Å². The molecular formula is C11H8ClNO. The Morgan fingerprint density at radius 1 is 1.07 bits per heavy atom. The Labute approximate surface area is 86.8 Å². The van der Waals surface area contributed by atoms with Crippen molar-refractivity contribution in [1.29, 1.82) is 0 Å². The van der Waals surface area contributed by atoms with Crippen LogP contribution < -0.4 is 0 Å². The van der Waals surface area contributed by atoms with E-state index in [4.69, 9.17) is 11.6 Å². The van der Waals surface area contributed by atoms with Crippen molar-refractivity contribution in [2.24, 2.45) is 0 Å². The van der Waals surface area contributed by atoms with E-state index >= 15 is 0 Å². The Balaban J connectivity index is 2.57. The van der Waals surface area contributed by atoms with Crippen molar-refractivity contribution >= 4 is 11.6 Å². The fourth-order valence-electron chi connectivity index (χ4n) is 1.27. The van der Waals surface area contributed by atoms with Crippen molar-refractivity contribution in [1.82, 2.24) is 4.98 Å². The first-order chi connectivity index (χ1) is 6.77. The van der Waals surface area contributed by atoms with E-state index in [2.05, 4.69) is 4.98 Å². The van der Waals surface area contributed by atoms with E-state index in [1.165, 1.54) is 0 Å². The number of aromatic nitrogens is 1. The number of halogens is 1. The Morgan fingerprint density at radius 2 is 1.79 bits per heavy atom. The normalized spacial score (nSPS) is 10.1. The van der Waals surface area contributed by atoms with E-state index in [1.54, 1.807) is 30.6 Å². The summed E-state index contributed by atoms with van der Waals surface area (Å²) in [6.07, 6.45) is 3.38. The SMILES string of the molecule is Oc1ccc(Cl)c(-c2ccncc2)c1. The number of hydrogen-bond donors (Lipinski definition) is 1. The van der Waals surface area contributed by atoms with Crippen LogP contribution in [0.25, 0.3) is 11.1 Å². The number of phenols is 1. The minimum atomic E-state index is 0.209. The van der Waals surface area contributed by atoms with Crippen LogP contribution in [0.15, 0.2) is 42.7 Å². The highest BCUT2D eigenvalue weighted by Crippen LogP contribution is 2.30. The third-order valence-corrected chi connectivity index (χ3v) is 2.27. The van der Waals surface area contributed by atoms with Crippen LogP contribution >= 0.6 is 11.6 Å². The molecule has 0 fully saturated rings. The molecule has 0 saturated carbocycles. The molecule has 0 atom stereocenters. The molecule has 1 aromatic heterocycles. The van der Waals surface area contributed by atoms with Gasteiger partial charge in [-0.1, -0.05) is 11.6 Å². The van der Waals surface area contributed by atoms with Crippen LogP contribution in [-0.2, 0) is 0 Å². The summed E-state index contributed by atoms with van der Waals surface area (Å²) in [4.78, 5) is 3.92. The summed E-state index contributed by atoms with van der Waals surface area (Å²) < 4.78 is 0. The Kier molecular flexibility index (Phi) is 2.37. The number of rotatable bonds is 1. The molecule has 0 aliphatic rings. The van der Waals surface area contributed by atoms with Crippen molar-refractivity contribution in [2.45, 2.75) is 0 Å². The number of benzene rings is 1. The van der Waals surface area contributed by atoms with Gasteiger partial charge < -0.3 is 5.11 Å². The smallest absolute Gasteiger partial charge is 0.116 e. The molecular weight excluding hydrogens is 198 g/mol. The van der Waals surface area contributed by atoms with Crippen LogP contribution in [0.2, 0.25) is 5.02 Å². The molecule has 0 amide bonds. The molecule has 2 nitrogen and oxygen atoms in total. The first-order valence-electron chi connectivity index (χ1n) is 4.16. The molecule has 3 heteroatoms. The average Bonchev–Trinajstić information content (AvgIpc) is 2.23. The zero-order chi connectivity index (χ0) is 9.97. The summed E-state index contributed by atoms with van der Waals surface area (Å²) in [6, 6.07) is 8.57. The highest BCUT2D eigenvalue weighted by Gasteiger charge is 2.03. The third kappa shape index (κ3) is 1.70. The van der Waals surface area contributed by atoms with E-state index in [1.807, 2.05) is 12.1 Å². The summed E-state index contributed by atoms with van der Waals surface area (Å²) in [5.41, 5.74) is 1.76. The highest BCUT2D eigenvalue weighted by molar-refractivity contribution is 6.33. The van der Waals surface area contributed by atoms with Crippen molar-refractivity contribution < 1.29 is 5.11 Å². The molecule has 2 aromatic rings. The summed E-state index contributed by atoms with van der Waals surface area (Å²) in [7, 11) is 0. The lowest BCUT2D eigenvalue weighted by molar-refractivity contribution is 0.475. The Morgan fingerprint density at radius 3 is 2.50 bits per heavy atom. The zero-order valence-corrected chi connectivity index (χ0v) is 8.07. The predicted molar refractivity (Wildman–Crippen MR) is 56.3 cm³/mol. The van der Waals surface area contributed by atoms with Gasteiger partial charge in [0.25, 0.3) is 0 Å². The van der Waals surface area contributed by atoms with Gasteiger partial charge >= 0.3 is 0 Å². The largest absolute Gasteiger partial charge is 0.508 e. The second kappa shape index (κ2) is 3.68. The van der Waals surface area contributed by atoms with E-state index < -0.39 is 0 Å². The maximum Gasteiger partial charge on any atom is 0.116 e. The monoisotopic (exact) mass is 205 g/mol. The van der Waals surface area contributed by atoms with Crippen LogP contribution in [0.1, 0.15) is 0 Å². The van der Waals surface area contributed by atoms with Crippen LogP contribution in [0, 0.1) is 0 Å². The standard InChI is InChI=1S/C11H8ClNO/c12-11-2-1-9(14)7-10(11)8-3-5-13-6-4-8/h1-7,14H. The fourth-order valence-corrected chi connectivity index (χ4v) is 1.49. The molecule has 1 heterocycles. The number of aromatic hydroxyl groups is 1. The third-order valence-electron chi connectivity index (χ3n) is 1.94. The van der Waals surface area contributed by atoms with Gasteiger partial charge in [-0.05, 0) is 35.9 Å². The van der Waals surface area contributed by atoms with Gasteiger partial charge in [0.1, 0.15) is 5.75 Å². The number of hydrogen-bond acceptors (Lipinski definition) is 2. The summed E-state index contributed by atoms with van der Waals surface area (Å²) in [5, 5.41) is 9.94. The first kappa shape index (κ1) is 9.03. The molecule has 0 saturated heterocycles. The molecule has 0 aliphatic heterocycles. The van der Waals surface area contributed by atoms with Gasteiger partial charge in [0.05, 0.1) is 0 Å². The van der Waals surface area contributed by atoms with Crippen molar-refractivity contribution in [3.8, 4) is 16.9 Å². The van der Waals surface area contributed by atoms with Gasteiger partial charge in [-0.25, -0.2) is 0 Å². The molecule has 0 radical (unpaired) electrons. The number of pyridine rings is 1. The maximum absolute atomic E-state index is 9.32. The average molecular weight is 206 g/mol. The van der Waals surface area contributed by atoms with E-state index in [-0.39, 0.29) is 5.75 Å². The van der Waals surface area contributed by atoms with Gasteiger partial charge in [-0.2, -0.15) is 0 Å². The minimum absolute atomic E-state index is 0.209. The van der Waals surface area contributed by atoms with Crippen molar-refractivity contribution in [3.63, 3.8) is 0 Å². The zero-order valence-electron chi connectivity index (χ0n) is 7.31. The lowest BCUT2D eigenvalue weighted by Gasteiger charge is -2.04. The molecule has 0 spiro atoms. The van der Waals surface area contributed by atoms with Gasteiger partial charge in [0.15, 0.2) is 0 Å². The van der Waals surface area contributed by atoms with Crippen LogP contribution in [0.5, 0.6) is 5.75 Å². The lowest BCUT2D eigenvalue weighted by Crippen LogP contribution is -1.79. The molecule has 2 rings (SSSR count). The molecule has 0 bridgehead atoms. The summed E-state index contributed by atoms with van der Waals surface area (Å²) in [5.74, 6) is 0.209. The summed E-state index contributed by atoms with van der Waals surface area (Å²) >= 11 is 6.00. The van der Waals surface area contributed by atoms with Crippen LogP contribution in [0.4, 0.5) is 0 Å². The van der Waals surface area contributed by atoms with Gasteiger partial charge in [0, 0.05) is 23.0 Å². The fraction of sp³-hybridized carbons (Fsp3) is 0. The van der Waals surface area contributed by atoms with Crippen LogP contribution in [-0.4, -0.2) is 10.1 Å². The minimum Gasteiger partial charge on any atom is -0.508 e. The molecule has 14 heavy (non-hydrogen) atoms. The van der Waals surface area contributed by atoms with E-state index in [9.17, 15) is 5.11 Å². The van der Waals surface area contributed by atoms with Crippen LogP contribution in [0.3, 0.4) is 0 Å². The molecule has 0 aliphatic carbocycles. The molecule has 1 aromatic carbocycles. The maximum atomic E-state index is 9.32.